The summed E-state index contributed by atoms with van der Waals surface area (Å²) in [5.74, 6) is -1.01. The highest BCUT2D eigenvalue weighted by molar-refractivity contribution is 6.36. The number of aliphatic carboxylic acids is 1. The average molecular weight is 229 g/mol. The van der Waals surface area contributed by atoms with Gasteiger partial charge in [-0.2, -0.15) is 0 Å². The van der Waals surface area contributed by atoms with Crippen molar-refractivity contribution >= 4 is 17.8 Å². The Hall–Kier alpha value is -2.10. The fraction of sp³-hybridized carbons (Fsp3) is 0.231. The number of benzene rings is 1. The minimum atomic E-state index is -1.01. The minimum Gasteiger partial charge on any atom is -0.477 e. The van der Waals surface area contributed by atoms with Crippen LogP contribution < -0.4 is 0 Å². The fourth-order valence-electron chi connectivity index (χ4n) is 2.27. The van der Waals surface area contributed by atoms with E-state index in [0.717, 1.165) is 11.1 Å². The molecule has 0 amide bonds. The van der Waals surface area contributed by atoms with Gasteiger partial charge in [-0.1, -0.05) is 35.5 Å². The summed E-state index contributed by atoms with van der Waals surface area (Å²) in [5, 5.41) is 12.5. The maximum Gasteiger partial charge on any atom is 0.353 e. The second-order valence-electron chi connectivity index (χ2n) is 4.38. The van der Waals surface area contributed by atoms with Crippen molar-refractivity contribution in [1.82, 2.24) is 0 Å². The molecule has 1 N–H and O–H groups in total. The monoisotopic (exact) mass is 229 g/mol. The van der Waals surface area contributed by atoms with Gasteiger partial charge in [-0.05, 0) is 17.2 Å². The molecule has 0 saturated carbocycles. The predicted molar refractivity (Wildman–Crippen MR) is 62.7 cm³/mol. The molecular weight excluding hydrogens is 218 g/mol. The predicted octanol–water partition coefficient (Wildman–Crippen LogP) is 1.86. The van der Waals surface area contributed by atoms with Gasteiger partial charge in [-0.3, -0.25) is 0 Å². The molecular formula is C13H11NO3. The van der Waals surface area contributed by atoms with E-state index in [4.69, 9.17) is 9.94 Å². The number of carbonyl (C=O) groups is 1. The Morgan fingerprint density at radius 1 is 1.35 bits per heavy atom. The number of hydrogen-bond donors (Lipinski definition) is 1. The molecule has 1 aliphatic carbocycles. The van der Waals surface area contributed by atoms with Crippen LogP contribution in [0.15, 0.2) is 35.5 Å². The lowest BCUT2D eigenvalue weighted by Crippen LogP contribution is -2.32. The van der Waals surface area contributed by atoms with Gasteiger partial charge in [0.25, 0.3) is 0 Å². The van der Waals surface area contributed by atoms with Crippen LogP contribution in [0.25, 0.3) is 6.08 Å². The van der Waals surface area contributed by atoms with E-state index in [1.807, 2.05) is 36.4 Å². The topological polar surface area (TPSA) is 58.9 Å². The lowest BCUT2D eigenvalue weighted by atomic mass is 9.83. The van der Waals surface area contributed by atoms with Crippen LogP contribution in [0.1, 0.15) is 17.5 Å². The molecule has 3 rings (SSSR count). The highest BCUT2D eigenvalue weighted by Gasteiger charge is 2.41. The van der Waals surface area contributed by atoms with Gasteiger partial charge in [0.05, 0.1) is 0 Å². The van der Waals surface area contributed by atoms with E-state index in [9.17, 15) is 4.79 Å². The van der Waals surface area contributed by atoms with Crippen molar-refractivity contribution in [3.63, 3.8) is 0 Å². The molecule has 1 spiro atoms. The number of oxime groups is 1. The molecule has 1 atom stereocenters. The van der Waals surface area contributed by atoms with Gasteiger partial charge in [-0.25, -0.2) is 4.79 Å². The molecule has 1 heterocycles. The third-order valence-corrected chi connectivity index (χ3v) is 3.16. The first-order valence-electron chi connectivity index (χ1n) is 5.44. The summed E-state index contributed by atoms with van der Waals surface area (Å²) in [6, 6.07) is 8.02. The van der Waals surface area contributed by atoms with Crippen molar-refractivity contribution in [2.75, 3.05) is 0 Å². The van der Waals surface area contributed by atoms with Gasteiger partial charge in [-0.15, -0.1) is 0 Å². The first kappa shape index (κ1) is 10.1. The van der Waals surface area contributed by atoms with E-state index in [2.05, 4.69) is 5.16 Å². The molecule has 4 nitrogen and oxygen atoms in total. The lowest BCUT2D eigenvalue weighted by molar-refractivity contribution is -0.129. The first-order valence-corrected chi connectivity index (χ1v) is 5.44. The molecule has 1 aliphatic heterocycles. The summed E-state index contributed by atoms with van der Waals surface area (Å²) in [4.78, 5) is 16.2. The second-order valence-corrected chi connectivity index (χ2v) is 4.38. The zero-order chi connectivity index (χ0) is 11.9. The van der Waals surface area contributed by atoms with Crippen LogP contribution in [0, 0.1) is 0 Å². The molecule has 1 unspecified atom stereocenters. The third kappa shape index (κ3) is 1.62. The number of fused-ring (bicyclic) bond motifs is 1. The third-order valence-electron chi connectivity index (χ3n) is 3.16. The molecule has 0 aromatic heterocycles. The average Bonchev–Trinajstić information content (AvgIpc) is 2.73. The van der Waals surface area contributed by atoms with E-state index in [1.165, 1.54) is 0 Å². The Balaban J connectivity index is 1.89. The Morgan fingerprint density at radius 2 is 2.18 bits per heavy atom. The van der Waals surface area contributed by atoms with E-state index < -0.39 is 11.6 Å². The Labute approximate surface area is 98.2 Å². The van der Waals surface area contributed by atoms with Gasteiger partial charge >= 0.3 is 5.97 Å². The van der Waals surface area contributed by atoms with E-state index >= 15 is 0 Å². The van der Waals surface area contributed by atoms with Crippen LogP contribution in [0.4, 0.5) is 0 Å². The van der Waals surface area contributed by atoms with E-state index in [0.29, 0.717) is 12.8 Å². The summed E-state index contributed by atoms with van der Waals surface area (Å²) in [5.41, 5.74) is 1.82. The van der Waals surface area contributed by atoms with E-state index in [-0.39, 0.29) is 5.71 Å². The summed E-state index contributed by atoms with van der Waals surface area (Å²) in [7, 11) is 0. The van der Waals surface area contributed by atoms with Gasteiger partial charge in [0, 0.05) is 12.8 Å². The van der Waals surface area contributed by atoms with Gasteiger partial charge in [0.2, 0.25) is 0 Å². The smallest absolute Gasteiger partial charge is 0.353 e. The summed E-state index contributed by atoms with van der Waals surface area (Å²) >= 11 is 0. The second kappa shape index (κ2) is 3.45. The van der Waals surface area contributed by atoms with Gasteiger partial charge in [0.1, 0.15) is 0 Å². The molecule has 0 radical (unpaired) electrons. The summed E-state index contributed by atoms with van der Waals surface area (Å²) < 4.78 is 0. The Morgan fingerprint density at radius 3 is 2.94 bits per heavy atom. The fourth-order valence-corrected chi connectivity index (χ4v) is 2.27. The molecule has 86 valence electrons. The van der Waals surface area contributed by atoms with Crippen LogP contribution >= 0.6 is 0 Å². The maximum absolute atomic E-state index is 10.8. The molecule has 0 fully saturated rings. The Bertz CT molecular complexity index is 547. The van der Waals surface area contributed by atoms with Crippen molar-refractivity contribution in [3.8, 4) is 0 Å². The molecule has 0 bridgehead atoms. The normalized spacial score (nSPS) is 25.3. The lowest BCUT2D eigenvalue weighted by Gasteiger charge is -2.27. The number of carboxylic acid groups (broad SMARTS) is 1. The number of carboxylic acids is 1. The van der Waals surface area contributed by atoms with Crippen molar-refractivity contribution in [3.05, 3.63) is 41.5 Å². The summed E-state index contributed by atoms with van der Waals surface area (Å²) in [6.07, 6.45) is 4.88. The molecule has 4 heteroatoms. The maximum atomic E-state index is 10.8. The van der Waals surface area contributed by atoms with Crippen molar-refractivity contribution in [1.29, 1.82) is 0 Å². The van der Waals surface area contributed by atoms with Crippen LogP contribution in [-0.2, 0) is 16.1 Å². The highest BCUT2D eigenvalue weighted by atomic mass is 16.7. The van der Waals surface area contributed by atoms with Crippen molar-refractivity contribution in [2.24, 2.45) is 5.16 Å². The highest BCUT2D eigenvalue weighted by Crippen LogP contribution is 2.35. The minimum absolute atomic E-state index is 0.0917. The molecule has 0 saturated heterocycles. The van der Waals surface area contributed by atoms with Crippen LogP contribution in [0.3, 0.4) is 0 Å². The van der Waals surface area contributed by atoms with Crippen molar-refractivity contribution < 1.29 is 14.7 Å². The van der Waals surface area contributed by atoms with Gasteiger partial charge in [0.15, 0.2) is 11.3 Å². The molecule has 17 heavy (non-hydrogen) atoms. The quantitative estimate of drug-likeness (QED) is 0.799. The van der Waals surface area contributed by atoms with Crippen molar-refractivity contribution in [2.45, 2.75) is 18.4 Å². The summed E-state index contributed by atoms with van der Waals surface area (Å²) in [6.45, 7) is 0. The largest absolute Gasteiger partial charge is 0.477 e. The van der Waals surface area contributed by atoms with E-state index in [1.54, 1.807) is 0 Å². The van der Waals surface area contributed by atoms with Crippen LogP contribution in [-0.4, -0.2) is 22.4 Å². The standard InChI is InChI=1S/C13H11NO3/c15-12(16)11-8-13(17-14-11)6-5-9-3-1-2-4-10(9)7-13/h1-6H,7-8H2,(H,15,16). The SMILES string of the molecule is O=C(O)C1=NOC2(C=Cc3ccccc3C2)C1. The molecule has 1 aromatic rings. The number of rotatable bonds is 1. The van der Waals surface area contributed by atoms with Crippen LogP contribution in [0.5, 0.6) is 0 Å². The number of hydrogen-bond acceptors (Lipinski definition) is 3. The van der Waals surface area contributed by atoms with Gasteiger partial charge < -0.3 is 9.94 Å². The zero-order valence-electron chi connectivity index (χ0n) is 9.09. The molecule has 2 aliphatic rings. The number of nitrogens with zero attached hydrogens (tertiary/aromatic N) is 1. The zero-order valence-corrected chi connectivity index (χ0v) is 9.09. The Kier molecular flexibility index (Phi) is 2.04. The first-order chi connectivity index (χ1) is 8.19. The molecule has 1 aromatic carbocycles. The van der Waals surface area contributed by atoms with Crippen LogP contribution in [0.2, 0.25) is 0 Å².